The standard InChI is InChI=1S/C25H25N5O7S.C2H4O2/c1-11-5-4-6-14(12(11)2)26-18(32)10-17-21(33)30-25(38-17)27-20(13-7-8-15(31)16(9-13)37-3)19-22(34)28-24(36)29-23(19)35;1-2(3)4/h4-9,17,20,31H,10H2,1-3H3,(H,26,32)(H,27,30,33)(H3,28,29,34,35,36);1H3,(H,3,4). The van der Waals surface area contributed by atoms with Gasteiger partial charge in [0.1, 0.15) is 16.9 Å². The van der Waals surface area contributed by atoms with Crippen molar-refractivity contribution in [2.75, 3.05) is 12.4 Å². The Morgan fingerprint density at radius 3 is 2.45 bits per heavy atom. The molecular formula is C27H29N5O9S. The first-order valence-corrected chi connectivity index (χ1v) is 13.2. The molecule has 1 aliphatic heterocycles. The zero-order valence-corrected chi connectivity index (χ0v) is 23.8. The molecule has 7 N–H and O–H groups in total. The number of carboxylic acids is 1. The van der Waals surface area contributed by atoms with Crippen LogP contribution in [0.3, 0.4) is 0 Å². The number of carbonyl (C=O) groups is 3. The second-order valence-electron chi connectivity index (χ2n) is 9.05. The summed E-state index contributed by atoms with van der Waals surface area (Å²) in [5, 5.41) is 32.5. The van der Waals surface area contributed by atoms with Crippen molar-refractivity contribution < 1.29 is 34.4 Å². The number of phenols is 1. The van der Waals surface area contributed by atoms with Crippen LogP contribution < -0.4 is 26.6 Å². The van der Waals surface area contributed by atoms with Gasteiger partial charge in [0.15, 0.2) is 16.7 Å². The van der Waals surface area contributed by atoms with Crippen molar-refractivity contribution in [3.63, 3.8) is 0 Å². The maximum Gasteiger partial charge on any atom is 0.328 e. The van der Waals surface area contributed by atoms with Crippen molar-refractivity contribution in [1.82, 2.24) is 15.3 Å². The summed E-state index contributed by atoms with van der Waals surface area (Å²) in [4.78, 5) is 67.2. The lowest BCUT2D eigenvalue weighted by molar-refractivity contribution is -0.134. The molecule has 0 spiro atoms. The highest BCUT2D eigenvalue weighted by atomic mass is 32.2. The van der Waals surface area contributed by atoms with Gasteiger partial charge in [-0.3, -0.25) is 29.1 Å². The van der Waals surface area contributed by atoms with Gasteiger partial charge in [0.25, 0.3) is 11.5 Å². The van der Waals surface area contributed by atoms with E-state index in [4.69, 9.17) is 14.6 Å². The number of thioether (sulfide) groups is 1. The molecule has 0 aliphatic carbocycles. The average Bonchev–Trinajstić information content (AvgIpc) is 3.23. The Bertz CT molecular complexity index is 1660. The van der Waals surface area contributed by atoms with E-state index in [1.807, 2.05) is 31.0 Å². The fourth-order valence-corrected chi connectivity index (χ4v) is 4.88. The van der Waals surface area contributed by atoms with Crippen LogP contribution in [-0.4, -0.2) is 60.6 Å². The molecule has 0 saturated carbocycles. The summed E-state index contributed by atoms with van der Waals surface area (Å²) >= 11 is 0.993. The Hall–Kier alpha value is -5.05. The number of hydrogen-bond acceptors (Lipinski definition) is 10. The highest BCUT2D eigenvalue weighted by molar-refractivity contribution is 8.15. The fraction of sp³-hybridized carbons (Fsp3) is 0.259. The number of carboxylic acid groups (broad SMARTS) is 1. The molecule has 3 aromatic rings. The number of anilines is 1. The van der Waals surface area contributed by atoms with E-state index in [0.29, 0.717) is 11.3 Å². The molecule has 1 saturated heterocycles. The monoisotopic (exact) mass is 599 g/mol. The number of phenolic OH excluding ortho intramolecular Hbond substituents is 1. The summed E-state index contributed by atoms with van der Waals surface area (Å²) < 4.78 is 5.14. The number of amidine groups is 1. The Balaban J connectivity index is 0.00000114. The third-order valence-corrected chi connectivity index (χ3v) is 7.12. The van der Waals surface area contributed by atoms with Gasteiger partial charge in [0.05, 0.1) is 7.11 Å². The predicted molar refractivity (Wildman–Crippen MR) is 155 cm³/mol. The van der Waals surface area contributed by atoms with Gasteiger partial charge in [0, 0.05) is 19.0 Å². The molecule has 1 aliphatic rings. The van der Waals surface area contributed by atoms with Crippen LogP contribution in [0.5, 0.6) is 17.4 Å². The number of amides is 2. The van der Waals surface area contributed by atoms with Crippen LogP contribution in [0.1, 0.15) is 41.6 Å². The van der Waals surface area contributed by atoms with Gasteiger partial charge in [-0.15, -0.1) is 0 Å². The minimum absolute atomic E-state index is 0.0807. The van der Waals surface area contributed by atoms with Crippen LogP contribution in [0.25, 0.3) is 0 Å². The van der Waals surface area contributed by atoms with E-state index in [1.165, 1.54) is 25.3 Å². The maximum atomic E-state index is 12.7. The molecule has 42 heavy (non-hydrogen) atoms. The first-order valence-electron chi connectivity index (χ1n) is 12.3. The number of nitrogens with zero attached hydrogens (tertiary/aromatic N) is 1. The van der Waals surface area contributed by atoms with Crippen molar-refractivity contribution >= 4 is 40.4 Å². The minimum atomic E-state index is -1.21. The molecule has 2 amide bonds. The molecule has 14 nitrogen and oxygen atoms in total. The van der Waals surface area contributed by atoms with E-state index in [-0.39, 0.29) is 34.6 Å². The van der Waals surface area contributed by atoms with Gasteiger partial charge in [-0.1, -0.05) is 30.0 Å². The summed E-state index contributed by atoms with van der Waals surface area (Å²) in [6.45, 7) is 4.90. The molecule has 1 fully saturated rings. The molecule has 2 unspecified atom stereocenters. The lowest BCUT2D eigenvalue weighted by atomic mass is 10.0. The van der Waals surface area contributed by atoms with E-state index in [9.17, 15) is 29.4 Å². The molecule has 15 heteroatoms. The third-order valence-electron chi connectivity index (χ3n) is 6.02. The second-order valence-corrected chi connectivity index (χ2v) is 10.2. The number of carbonyl (C=O) groups excluding carboxylic acids is 2. The number of H-pyrrole nitrogens is 2. The number of aromatic hydroxyl groups is 2. The highest BCUT2D eigenvalue weighted by Gasteiger charge is 2.34. The summed E-state index contributed by atoms with van der Waals surface area (Å²) in [5.41, 5.74) is 0.798. The van der Waals surface area contributed by atoms with Crippen molar-refractivity contribution in [2.24, 2.45) is 4.99 Å². The van der Waals surface area contributed by atoms with Gasteiger partial charge >= 0.3 is 5.69 Å². The summed E-state index contributed by atoms with van der Waals surface area (Å²) in [6.07, 6.45) is -0.134. The zero-order valence-electron chi connectivity index (χ0n) is 23.0. The number of aliphatic imine (C=N–C) groups is 1. The molecule has 2 aromatic carbocycles. The number of rotatable bonds is 7. The van der Waals surface area contributed by atoms with Crippen LogP contribution >= 0.6 is 11.8 Å². The molecule has 0 bridgehead atoms. The summed E-state index contributed by atoms with van der Waals surface area (Å²) in [6, 6.07) is 8.50. The lowest BCUT2D eigenvalue weighted by Crippen LogP contribution is -2.29. The number of benzene rings is 2. The molecule has 222 valence electrons. The molecular weight excluding hydrogens is 570 g/mol. The summed E-state index contributed by atoms with van der Waals surface area (Å²) in [5.74, 6) is -2.44. The minimum Gasteiger partial charge on any atom is -0.504 e. The summed E-state index contributed by atoms with van der Waals surface area (Å²) in [7, 11) is 1.34. The fourth-order valence-electron chi connectivity index (χ4n) is 3.88. The molecule has 1 aromatic heterocycles. The number of methoxy groups -OCH3 is 1. The Morgan fingerprint density at radius 2 is 1.81 bits per heavy atom. The van der Waals surface area contributed by atoms with Crippen molar-refractivity contribution in [2.45, 2.75) is 38.5 Å². The first-order chi connectivity index (χ1) is 19.8. The predicted octanol–water partition coefficient (Wildman–Crippen LogP) is 1.90. The van der Waals surface area contributed by atoms with Crippen molar-refractivity contribution in [3.8, 4) is 17.4 Å². The third kappa shape index (κ3) is 7.78. The van der Waals surface area contributed by atoms with Gasteiger partial charge in [-0.25, -0.2) is 9.79 Å². The van der Waals surface area contributed by atoms with E-state index < -0.39 is 40.3 Å². The van der Waals surface area contributed by atoms with Crippen LogP contribution in [-0.2, 0) is 14.4 Å². The van der Waals surface area contributed by atoms with Crippen LogP contribution in [0.15, 0.2) is 51.0 Å². The molecule has 0 radical (unpaired) electrons. The lowest BCUT2D eigenvalue weighted by Gasteiger charge is -2.16. The highest BCUT2D eigenvalue weighted by Crippen LogP contribution is 2.36. The molecule has 4 rings (SSSR count). The Labute approximate surface area is 242 Å². The molecule has 2 heterocycles. The number of aryl methyl sites for hydroxylation is 1. The van der Waals surface area contributed by atoms with Gasteiger partial charge in [-0.2, -0.15) is 0 Å². The smallest absolute Gasteiger partial charge is 0.328 e. The van der Waals surface area contributed by atoms with E-state index in [2.05, 4.69) is 20.6 Å². The maximum absolute atomic E-state index is 12.7. The number of ether oxygens (including phenoxy) is 1. The van der Waals surface area contributed by atoms with Crippen molar-refractivity contribution in [3.05, 3.63) is 79.5 Å². The normalized spacial score (nSPS) is 15.8. The SMILES string of the molecule is CC(=O)O.COc1cc(C(N=C2NC(=O)C(CC(=O)Nc3cccc(C)c3C)S2)c2c(O)[nH]c(=O)[nH]c2=O)ccc1O. The van der Waals surface area contributed by atoms with E-state index in [1.54, 1.807) is 6.07 Å². The van der Waals surface area contributed by atoms with Crippen LogP contribution in [0, 0.1) is 13.8 Å². The van der Waals surface area contributed by atoms with E-state index in [0.717, 1.165) is 29.8 Å². The van der Waals surface area contributed by atoms with Crippen LogP contribution in [0.2, 0.25) is 0 Å². The number of aromatic amines is 2. The second kappa shape index (κ2) is 13.5. The van der Waals surface area contributed by atoms with Gasteiger partial charge < -0.3 is 30.7 Å². The van der Waals surface area contributed by atoms with Gasteiger partial charge in [0.2, 0.25) is 17.7 Å². The Kier molecular flexibility index (Phi) is 10.1. The number of hydrogen-bond donors (Lipinski definition) is 7. The number of aliphatic carboxylic acids is 1. The molecule has 2 atom stereocenters. The topological polar surface area (TPSA) is 223 Å². The van der Waals surface area contributed by atoms with Gasteiger partial charge in [-0.05, 0) is 48.7 Å². The Morgan fingerprint density at radius 1 is 1.12 bits per heavy atom. The van der Waals surface area contributed by atoms with Crippen LogP contribution in [0.4, 0.5) is 5.69 Å². The number of nitrogens with one attached hydrogen (secondary N) is 4. The number of aromatic nitrogens is 2. The van der Waals surface area contributed by atoms with E-state index >= 15 is 0 Å². The van der Waals surface area contributed by atoms with Crippen molar-refractivity contribution in [1.29, 1.82) is 0 Å². The zero-order chi connectivity index (χ0) is 31.1. The quantitative estimate of drug-likeness (QED) is 0.209. The average molecular weight is 600 g/mol. The first kappa shape index (κ1) is 31.5. The largest absolute Gasteiger partial charge is 0.504 e.